The quantitative estimate of drug-likeness (QED) is 0.683. The van der Waals surface area contributed by atoms with Crippen molar-refractivity contribution in [1.82, 2.24) is 0 Å². The van der Waals surface area contributed by atoms with Crippen LogP contribution in [0.2, 0.25) is 0 Å². The van der Waals surface area contributed by atoms with Crippen molar-refractivity contribution in [2.75, 3.05) is 0 Å². The van der Waals surface area contributed by atoms with Crippen molar-refractivity contribution in [3.8, 4) is 0 Å². The van der Waals surface area contributed by atoms with E-state index in [4.69, 9.17) is 5.11 Å². The molecule has 1 aromatic carbocycles. The Morgan fingerprint density at radius 1 is 1.31 bits per heavy atom. The second-order valence-corrected chi connectivity index (χ2v) is 4.23. The van der Waals surface area contributed by atoms with Crippen molar-refractivity contribution >= 4 is 33.8 Å². The molecule has 0 aromatic heterocycles. The van der Waals surface area contributed by atoms with E-state index < -0.39 is 5.97 Å². The molecule has 0 radical (unpaired) electrons. The molecule has 1 aromatic rings. The molecule has 1 rings (SSSR count). The summed E-state index contributed by atoms with van der Waals surface area (Å²) in [5, 5.41) is 8.45. The number of carbonyl (C=O) groups is 2. The van der Waals surface area contributed by atoms with Crippen LogP contribution in [0.15, 0.2) is 30.3 Å². The van der Waals surface area contributed by atoms with Crippen LogP contribution in [-0.2, 0) is 9.59 Å². The number of carbonyl (C=O) groups excluding carboxylic acids is 1. The van der Waals surface area contributed by atoms with Crippen LogP contribution in [0.4, 0.5) is 0 Å². The second-order valence-electron chi connectivity index (χ2n) is 3.31. The van der Waals surface area contributed by atoms with Gasteiger partial charge < -0.3 is 5.11 Å². The standard InChI is InChI=1S/C12H11BrO3/c1-8(14)12(13)10-5-2-9(3-6-10)4-7-11(15)16/h2-7,12H,1H3,(H,15,16)/b7-4+. The third-order valence-electron chi connectivity index (χ3n) is 2.00. The zero-order chi connectivity index (χ0) is 12.1. The number of ketones is 1. The Bertz CT molecular complexity index is 420. The van der Waals surface area contributed by atoms with E-state index in [0.29, 0.717) is 0 Å². The van der Waals surface area contributed by atoms with Gasteiger partial charge in [-0.05, 0) is 24.1 Å². The molecule has 0 heterocycles. The molecule has 0 aliphatic heterocycles. The SMILES string of the molecule is CC(=O)C(Br)c1ccc(/C=C/C(=O)O)cc1. The topological polar surface area (TPSA) is 54.4 Å². The minimum Gasteiger partial charge on any atom is -0.478 e. The monoisotopic (exact) mass is 282 g/mol. The number of hydrogen-bond acceptors (Lipinski definition) is 2. The fourth-order valence-electron chi connectivity index (χ4n) is 1.18. The Kier molecular flexibility index (Phi) is 4.43. The molecule has 1 atom stereocenters. The molecule has 0 spiro atoms. The molecule has 0 aliphatic carbocycles. The van der Waals surface area contributed by atoms with Gasteiger partial charge in [0.05, 0.1) is 4.83 Å². The van der Waals surface area contributed by atoms with Gasteiger partial charge in [-0.2, -0.15) is 0 Å². The molecule has 0 bridgehead atoms. The van der Waals surface area contributed by atoms with Crippen molar-refractivity contribution < 1.29 is 14.7 Å². The Morgan fingerprint density at radius 3 is 2.31 bits per heavy atom. The van der Waals surface area contributed by atoms with Crippen LogP contribution in [0.25, 0.3) is 6.08 Å². The van der Waals surface area contributed by atoms with E-state index in [0.717, 1.165) is 17.2 Å². The molecule has 1 unspecified atom stereocenters. The van der Waals surface area contributed by atoms with Crippen LogP contribution >= 0.6 is 15.9 Å². The van der Waals surface area contributed by atoms with Gasteiger partial charge in [0.15, 0.2) is 0 Å². The highest BCUT2D eigenvalue weighted by atomic mass is 79.9. The molecule has 0 amide bonds. The number of Topliss-reactive ketones (excluding diaryl/α,β-unsaturated/α-hetero) is 1. The van der Waals surface area contributed by atoms with Gasteiger partial charge >= 0.3 is 5.97 Å². The van der Waals surface area contributed by atoms with E-state index in [1.54, 1.807) is 24.3 Å². The zero-order valence-electron chi connectivity index (χ0n) is 8.68. The van der Waals surface area contributed by atoms with Crippen molar-refractivity contribution in [2.24, 2.45) is 0 Å². The average molecular weight is 283 g/mol. The highest BCUT2D eigenvalue weighted by Gasteiger charge is 2.11. The van der Waals surface area contributed by atoms with E-state index in [1.807, 2.05) is 0 Å². The first-order chi connectivity index (χ1) is 7.50. The first kappa shape index (κ1) is 12.6. The van der Waals surface area contributed by atoms with Gasteiger partial charge in [0.2, 0.25) is 0 Å². The minimum absolute atomic E-state index is 0.0360. The Labute approximate surface area is 102 Å². The molecular weight excluding hydrogens is 272 g/mol. The third-order valence-corrected chi connectivity index (χ3v) is 3.18. The fraction of sp³-hybridized carbons (Fsp3) is 0.167. The first-order valence-corrected chi connectivity index (χ1v) is 5.58. The Balaban J connectivity index is 2.83. The summed E-state index contributed by atoms with van der Waals surface area (Å²) in [6.45, 7) is 1.51. The van der Waals surface area contributed by atoms with Gasteiger partial charge in [-0.25, -0.2) is 4.79 Å². The number of rotatable bonds is 4. The predicted octanol–water partition coefficient (Wildman–Crippen LogP) is 2.81. The number of hydrogen-bond donors (Lipinski definition) is 1. The summed E-state index contributed by atoms with van der Waals surface area (Å²) in [5.74, 6) is -0.944. The smallest absolute Gasteiger partial charge is 0.328 e. The van der Waals surface area contributed by atoms with Crippen LogP contribution in [0, 0.1) is 0 Å². The molecule has 1 N–H and O–H groups in total. The molecule has 84 valence electrons. The van der Waals surface area contributed by atoms with Crippen LogP contribution in [0.1, 0.15) is 22.9 Å². The maximum atomic E-state index is 11.1. The Morgan fingerprint density at radius 2 is 1.88 bits per heavy atom. The van der Waals surface area contributed by atoms with Crippen molar-refractivity contribution in [2.45, 2.75) is 11.8 Å². The lowest BCUT2D eigenvalue weighted by Gasteiger charge is -2.05. The second kappa shape index (κ2) is 5.61. The molecule has 3 nitrogen and oxygen atoms in total. The summed E-state index contributed by atoms with van der Waals surface area (Å²) in [6.07, 6.45) is 2.58. The van der Waals surface area contributed by atoms with Gasteiger partial charge in [0.25, 0.3) is 0 Å². The summed E-state index contributed by atoms with van der Waals surface area (Å²) in [4.78, 5) is 21.1. The van der Waals surface area contributed by atoms with E-state index in [-0.39, 0.29) is 10.6 Å². The largest absolute Gasteiger partial charge is 0.478 e. The van der Waals surface area contributed by atoms with Gasteiger partial charge in [-0.3, -0.25) is 4.79 Å². The summed E-state index contributed by atoms with van der Waals surface area (Å²) in [7, 11) is 0. The highest BCUT2D eigenvalue weighted by molar-refractivity contribution is 9.09. The highest BCUT2D eigenvalue weighted by Crippen LogP contribution is 2.23. The van der Waals surface area contributed by atoms with Crippen LogP contribution in [0.3, 0.4) is 0 Å². The maximum absolute atomic E-state index is 11.1. The number of carboxylic acid groups (broad SMARTS) is 1. The fourth-order valence-corrected chi connectivity index (χ4v) is 1.48. The number of benzene rings is 1. The van der Waals surface area contributed by atoms with Gasteiger partial charge in [0, 0.05) is 6.08 Å². The van der Waals surface area contributed by atoms with E-state index >= 15 is 0 Å². The number of halogens is 1. The third kappa shape index (κ3) is 3.62. The normalized spacial score (nSPS) is 12.6. The lowest BCUT2D eigenvalue weighted by molar-refractivity contribution is -0.131. The molecule has 0 saturated carbocycles. The molecule has 0 fully saturated rings. The summed E-state index contributed by atoms with van der Waals surface area (Å²) < 4.78 is 0. The summed E-state index contributed by atoms with van der Waals surface area (Å²) in [5.41, 5.74) is 1.65. The van der Waals surface area contributed by atoms with Crippen molar-refractivity contribution in [1.29, 1.82) is 0 Å². The summed E-state index contributed by atoms with van der Waals surface area (Å²) in [6, 6.07) is 7.13. The van der Waals surface area contributed by atoms with E-state index in [2.05, 4.69) is 15.9 Å². The van der Waals surface area contributed by atoms with Gasteiger partial charge in [0.1, 0.15) is 5.78 Å². The molecule has 0 saturated heterocycles. The number of carboxylic acids is 1. The van der Waals surface area contributed by atoms with Crippen LogP contribution in [-0.4, -0.2) is 16.9 Å². The Hall–Kier alpha value is -1.42. The summed E-state index contributed by atoms with van der Waals surface area (Å²) >= 11 is 3.28. The lowest BCUT2D eigenvalue weighted by atomic mass is 10.1. The van der Waals surface area contributed by atoms with E-state index in [1.165, 1.54) is 13.0 Å². The molecule has 16 heavy (non-hydrogen) atoms. The predicted molar refractivity (Wildman–Crippen MR) is 65.5 cm³/mol. The van der Waals surface area contributed by atoms with E-state index in [9.17, 15) is 9.59 Å². The van der Waals surface area contributed by atoms with Crippen molar-refractivity contribution in [3.05, 3.63) is 41.5 Å². The lowest BCUT2D eigenvalue weighted by Crippen LogP contribution is -2.00. The van der Waals surface area contributed by atoms with Crippen LogP contribution < -0.4 is 0 Å². The van der Waals surface area contributed by atoms with Crippen molar-refractivity contribution in [3.63, 3.8) is 0 Å². The zero-order valence-corrected chi connectivity index (χ0v) is 10.3. The first-order valence-electron chi connectivity index (χ1n) is 4.66. The average Bonchev–Trinajstić information content (AvgIpc) is 2.26. The van der Waals surface area contributed by atoms with Gasteiger partial charge in [-0.1, -0.05) is 40.2 Å². The number of alkyl halides is 1. The molecule has 4 heteroatoms. The number of aliphatic carboxylic acids is 1. The minimum atomic E-state index is -0.980. The van der Waals surface area contributed by atoms with Crippen LogP contribution in [0.5, 0.6) is 0 Å². The molecule has 0 aliphatic rings. The maximum Gasteiger partial charge on any atom is 0.328 e. The van der Waals surface area contributed by atoms with Gasteiger partial charge in [-0.15, -0.1) is 0 Å². The molecular formula is C12H11BrO3.